The Labute approximate surface area is 217 Å². The molecule has 1 aromatic heterocycles. The van der Waals surface area contributed by atoms with Crippen molar-refractivity contribution < 1.29 is 22.7 Å². The second-order valence-electron chi connectivity index (χ2n) is 9.84. The highest BCUT2D eigenvalue weighted by Gasteiger charge is 2.45. The average Bonchev–Trinajstić information content (AvgIpc) is 2.86. The Kier molecular flexibility index (Phi) is 8.71. The van der Waals surface area contributed by atoms with Crippen molar-refractivity contribution in [3.63, 3.8) is 0 Å². The highest BCUT2D eigenvalue weighted by atomic mass is 32.2. The minimum absolute atomic E-state index is 0.0292. The first kappa shape index (κ1) is 28.3. The van der Waals surface area contributed by atoms with E-state index >= 15 is 0 Å². The quantitative estimate of drug-likeness (QED) is 0.302. The third-order valence-electron chi connectivity index (χ3n) is 6.57. The minimum Gasteiger partial charge on any atom is -0.480 e. The van der Waals surface area contributed by atoms with Gasteiger partial charge < -0.3 is 16.2 Å². The topological polar surface area (TPSA) is 122 Å². The zero-order valence-corrected chi connectivity index (χ0v) is 22.2. The maximum absolute atomic E-state index is 14.7. The van der Waals surface area contributed by atoms with Gasteiger partial charge in [0.05, 0.1) is 5.69 Å². The molecule has 37 heavy (non-hydrogen) atoms. The number of aromatic nitrogens is 1. The highest BCUT2D eigenvalue weighted by Crippen LogP contribution is 2.36. The molecule has 9 heteroatoms. The van der Waals surface area contributed by atoms with Crippen LogP contribution in [0.1, 0.15) is 56.9 Å². The summed E-state index contributed by atoms with van der Waals surface area (Å²) in [5.41, 5.74) is 8.38. The number of anilines is 1. The first-order valence-electron chi connectivity index (χ1n) is 12.2. The average molecular weight is 528 g/mol. The maximum atomic E-state index is 14.7. The van der Waals surface area contributed by atoms with Crippen LogP contribution in [0.15, 0.2) is 71.6 Å². The van der Waals surface area contributed by atoms with Crippen LogP contribution < -0.4 is 11.1 Å². The smallest absolute Gasteiger partial charge is 0.322 e. The van der Waals surface area contributed by atoms with Gasteiger partial charge in [0.15, 0.2) is 4.87 Å². The van der Waals surface area contributed by atoms with Crippen molar-refractivity contribution in [3.05, 3.63) is 89.4 Å². The van der Waals surface area contributed by atoms with Crippen LogP contribution >= 0.6 is 0 Å². The van der Waals surface area contributed by atoms with Gasteiger partial charge in [-0.1, -0.05) is 76.1 Å². The molecule has 0 bridgehead atoms. The number of carboxylic acids is 1. The third kappa shape index (κ3) is 6.34. The van der Waals surface area contributed by atoms with Gasteiger partial charge in [-0.2, -0.15) is 0 Å². The summed E-state index contributed by atoms with van der Waals surface area (Å²) >= 11 is 0. The molecule has 0 fully saturated rings. The third-order valence-corrected chi connectivity index (χ3v) is 8.79. The number of nitrogens with one attached hydrogen (secondary N) is 1. The molecule has 0 aliphatic rings. The predicted octanol–water partition coefficient (Wildman–Crippen LogP) is 5.01. The van der Waals surface area contributed by atoms with Crippen molar-refractivity contribution in [1.82, 2.24) is 4.98 Å². The normalized spacial score (nSPS) is 13.6. The Morgan fingerprint density at radius 3 is 2.35 bits per heavy atom. The zero-order chi connectivity index (χ0) is 27.3. The van der Waals surface area contributed by atoms with Crippen LogP contribution in [0.4, 0.5) is 10.2 Å². The van der Waals surface area contributed by atoms with E-state index in [0.717, 1.165) is 30.9 Å². The van der Waals surface area contributed by atoms with Crippen LogP contribution in [0.5, 0.6) is 0 Å². The molecule has 2 aromatic carbocycles. The van der Waals surface area contributed by atoms with Gasteiger partial charge in [-0.25, -0.2) is 17.8 Å². The molecule has 3 rings (SSSR count). The van der Waals surface area contributed by atoms with Crippen molar-refractivity contribution in [2.24, 2.45) is 5.73 Å². The van der Waals surface area contributed by atoms with E-state index in [1.54, 1.807) is 0 Å². The number of nitrogens with zero attached hydrogens (tertiary/aromatic N) is 1. The summed E-state index contributed by atoms with van der Waals surface area (Å²) in [4.78, 5) is 12.6. The number of unbranched alkanes of at least 4 members (excludes halogenated alkanes) is 1. The first-order valence-corrected chi connectivity index (χ1v) is 13.7. The number of carboxylic acid groups (broad SMARTS) is 1. The lowest BCUT2D eigenvalue weighted by Crippen LogP contribution is -2.47. The van der Waals surface area contributed by atoms with Gasteiger partial charge in [0.1, 0.15) is 23.1 Å². The van der Waals surface area contributed by atoms with Gasteiger partial charge in [-0.3, -0.25) is 4.79 Å². The van der Waals surface area contributed by atoms with Crippen LogP contribution in [0.3, 0.4) is 0 Å². The van der Waals surface area contributed by atoms with E-state index in [0.29, 0.717) is 5.56 Å². The number of aliphatic carboxylic acids is 1. The summed E-state index contributed by atoms with van der Waals surface area (Å²) in [5.74, 6) is -1.87. The van der Waals surface area contributed by atoms with Crippen molar-refractivity contribution in [2.45, 2.75) is 61.6 Å². The molecular weight excluding hydrogens is 493 g/mol. The molecule has 4 N–H and O–H groups in total. The summed E-state index contributed by atoms with van der Waals surface area (Å²) in [6.45, 7) is 6.08. The minimum atomic E-state index is -4.48. The van der Waals surface area contributed by atoms with E-state index in [4.69, 9.17) is 10.8 Å². The number of hydrogen-bond donors (Lipinski definition) is 3. The Bertz CT molecular complexity index is 1340. The van der Waals surface area contributed by atoms with Gasteiger partial charge in [0, 0.05) is 6.42 Å². The van der Waals surface area contributed by atoms with E-state index in [1.165, 1.54) is 36.4 Å². The molecule has 0 amide bonds. The largest absolute Gasteiger partial charge is 0.480 e. The van der Waals surface area contributed by atoms with Gasteiger partial charge in [0.2, 0.25) is 9.84 Å². The molecule has 1 atom stereocenters. The highest BCUT2D eigenvalue weighted by molar-refractivity contribution is 7.92. The van der Waals surface area contributed by atoms with Crippen LogP contribution in [0.25, 0.3) is 0 Å². The maximum Gasteiger partial charge on any atom is 0.322 e. The molecule has 0 aliphatic carbocycles. The Hall–Kier alpha value is -3.30. The molecular formula is C28H34FN3O4S. The van der Waals surface area contributed by atoms with E-state index in [9.17, 15) is 17.6 Å². The second kappa shape index (κ2) is 11.4. The SMILES string of the molecule is CCCCC(C)(C)c1ccc(CC(N)(c2cccc(NCC(=O)O)n2)S(=O)(=O)c2ccccc2F)cc1. The fourth-order valence-corrected chi connectivity index (χ4v) is 5.98. The van der Waals surface area contributed by atoms with Crippen LogP contribution in [-0.4, -0.2) is 31.0 Å². The van der Waals surface area contributed by atoms with E-state index in [-0.39, 0.29) is 23.3 Å². The summed E-state index contributed by atoms with van der Waals surface area (Å²) in [5, 5.41) is 11.6. The number of halogens is 1. The summed E-state index contributed by atoms with van der Waals surface area (Å²) in [6.07, 6.45) is 3.04. The first-order chi connectivity index (χ1) is 17.4. The fraction of sp³-hybridized carbons (Fsp3) is 0.357. The van der Waals surface area contributed by atoms with Gasteiger partial charge in [-0.05, 0) is 47.2 Å². The predicted molar refractivity (Wildman–Crippen MR) is 143 cm³/mol. The fourth-order valence-electron chi connectivity index (χ4n) is 4.26. The van der Waals surface area contributed by atoms with Crippen molar-refractivity contribution >= 4 is 21.6 Å². The lowest BCUT2D eigenvalue weighted by Gasteiger charge is -2.30. The molecule has 198 valence electrons. The van der Waals surface area contributed by atoms with Gasteiger partial charge in [-0.15, -0.1) is 0 Å². The number of sulfone groups is 1. The van der Waals surface area contributed by atoms with Crippen molar-refractivity contribution in [2.75, 3.05) is 11.9 Å². The monoisotopic (exact) mass is 527 g/mol. The second-order valence-corrected chi connectivity index (χ2v) is 12.0. The Balaban J connectivity index is 2.07. The lowest BCUT2D eigenvalue weighted by atomic mass is 9.80. The Morgan fingerprint density at radius 1 is 1.05 bits per heavy atom. The summed E-state index contributed by atoms with van der Waals surface area (Å²) in [7, 11) is -4.48. The molecule has 0 saturated carbocycles. The molecule has 0 spiro atoms. The molecule has 0 aliphatic heterocycles. The summed E-state index contributed by atoms with van der Waals surface area (Å²) in [6, 6.07) is 17.2. The van der Waals surface area contributed by atoms with E-state index in [2.05, 4.69) is 31.1 Å². The molecule has 7 nitrogen and oxygen atoms in total. The van der Waals surface area contributed by atoms with Gasteiger partial charge >= 0.3 is 5.97 Å². The molecule has 0 saturated heterocycles. The number of benzene rings is 2. The van der Waals surface area contributed by atoms with Crippen LogP contribution in [-0.2, 0) is 31.3 Å². The van der Waals surface area contributed by atoms with Gasteiger partial charge in [0.25, 0.3) is 0 Å². The number of hydrogen-bond acceptors (Lipinski definition) is 6. The van der Waals surface area contributed by atoms with E-state index < -0.39 is 37.9 Å². The van der Waals surface area contributed by atoms with E-state index in [1.807, 2.05) is 24.3 Å². The standard InChI is InChI=1S/C28H34FN3O4S/c1-4-5-17-27(2,3)21-15-13-20(14-16-21)18-28(30,37(35,36)23-10-7-6-9-22(23)29)24-11-8-12-25(32-24)31-19-26(33)34/h6-16H,4-5,17-19,30H2,1-3H3,(H,31,32)(H,33,34). The summed E-state index contributed by atoms with van der Waals surface area (Å²) < 4.78 is 42.5. The molecule has 0 radical (unpaired) electrons. The lowest BCUT2D eigenvalue weighted by molar-refractivity contribution is -0.134. The van der Waals surface area contributed by atoms with Crippen molar-refractivity contribution in [3.8, 4) is 0 Å². The number of nitrogens with two attached hydrogens (primary N) is 1. The van der Waals surface area contributed by atoms with Crippen LogP contribution in [0.2, 0.25) is 0 Å². The Morgan fingerprint density at radius 2 is 1.73 bits per heavy atom. The zero-order valence-electron chi connectivity index (χ0n) is 21.4. The van der Waals surface area contributed by atoms with Crippen molar-refractivity contribution in [1.29, 1.82) is 0 Å². The number of pyridine rings is 1. The molecule has 1 heterocycles. The number of rotatable bonds is 12. The number of carbonyl (C=O) groups is 1. The van der Waals surface area contributed by atoms with Crippen LogP contribution in [0, 0.1) is 5.82 Å². The molecule has 1 unspecified atom stereocenters. The molecule has 3 aromatic rings.